The fourth-order valence-electron chi connectivity index (χ4n) is 1.42. The Morgan fingerprint density at radius 2 is 2.33 bits per heavy atom. The molecular formula is C12H8BrN3OS. The fraction of sp³-hybridized carbons (Fsp3) is 0.0833. The average Bonchev–Trinajstić information content (AvgIpc) is 2.77. The van der Waals surface area contributed by atoms with Crippen molar-refractivity contribution in [2.45, 2.75) is 6.92 Å². The van der Waals surface area contributed by atoms with E-state index in [0.29, 0.717) is 21.8 Å². The van der Waals surface area contributed by atoms with E-state index in [1.165, 1.54) is 11.3 Å². The van der Waals surface area contributed by atoms with Crippen LogP contribution < -0.4 is 5.32 Å². The molecule has 0 aliphatic rings. The summed E-state index contributed by atoms with van der Waals surface area (Å²) in [6.07, 6.45) is 0. The number of amides is 1. The Labute approximate surface area is 116 Å². The van der Waals surface area contributed by atoms with Gasteiger partial charge in [0.15, 0.2) is 0 Å². The van der Waals surface area contributed by atoms with Crippen LogP contribution in [0.3, 0.4) is 0 Å². The van der Waals surface area contributed by atoms with Gasteiger partial charge in [-0.15, -0.1) is 11.3 Å². The van der Waals surface area contributed by atoms with Crippen molar-refractivity contribution >= 4 is 38.9 Å². The second kappa shape index (κ2) is 5.29. The standard InChI is InChI=1S/C12H8BrN3OS/c1-7-11(18-6-15-7)12(17)16-10-3-2-9(13)4-8(10)5-14/h2-4,6H,1H3,(H,16,17). The van der Waals surface area contributed by atoms with E-state index in [0.717, 1.165) is 4.47 Å². The van der Waals surface area contributed by atoms with Gasteiger partial charge in [-0.05, 0) is 25.1 Å². The number of nitrogens with one attached hydrogen (secondary N) is 1. The summed E-state index contributed by atoms with van der Waals surface area (Å²) < 4.78 is 0.797. The van der Waals surface area contributed by atoms with E-state index >= 15 is 0 Å². The molecule has 1 N–H and O–H groups in total. The van der Waals surface area contributed by atoms with Gasteiger partial charge in [0, 0.05) is 4.47 Å². The predicted octanol–water partition coefficient (Wildman–Crippen LogP) is 3.34. The van der Waals surface area contributed by atoms with Gasteiger partial charge in [-0.2, -0.15) is 5.26 Å². The molecule has 0 saturated carbocycles. The van der Waals surface area contributed by atoms with Crippen LogP contribution >= 0.6 is 27.3 Å². The first-order chi connectivity index (χ1) is 8.61. The lowest BCUT2D eigenvalue weighted by molar-refractivity contribution is 0.103. The maximum Gasteiger partial charge on any atom is 0.267 e. The van der Waals surface area contributed by atoms with E-state index in [4.69, 9.17) is 5.26 Å². The summed E-state index contributed by atoms with van der Waals surface area (Å²) in [4.78, 5) is 16.6. The molecule has 4 nitrogen and oxygen atoms in total. The minimum Gasteiger partial charge on any atom is -0.320 e. The van der Waals surface area contributed by atoms with Gasteiger partial charge in [-0.3, -0.25) is 4.79 Å². The summed E-state index contributed by atoms with van der Waals surface area (Å²) in [6, 6.07) is 7.17. The molecular weight excluding hydrogens is 314 g/mol. The topological polar surface area (TPSA) is 65.8 Å². The Hall–Kier alpha value is -1.71. The highest BCUT2D eigenvalue weighted by Gasteiger charge is 2.13. The third-order valence-corrected chi connectivity index (χ3v) is 3.72. The van der Waals surface area contributed by atoms with Crippen LogP contribution in [0.1, 0.15) is 20.9 Å². The Kier molecular flexibility index (Phi) is 3.75. The number of carbonyl (C=O) groups is 1. The number of thiazole rings is 1. The van der Waals surface area contributed by atoms with Crippen molar-refractivity contribution in [2.24, 2.45) is 0 Å². The molecule has 1 aromatic heterocycles. The molecule has 0 aliphatic heterocycles. The van der Waals surface area contributed by atoms with Gasteiger partial charge in [0.2, 0.25) is 0 Å². The molecule has 0 saturated heterocycles. The molecule has 18 heavy (non-hydrogen) atoms. The van der Waals surface area contributed by atoms with Gasteiger partial charge < -0.3 is 5.32 Å². The van der Waals surface area contributed by atoms with Crippen LogP contribution in [0.4, 0.5) is 5.69 Å². The Morgan fingerprint density at radius 3 is 2.94 bits per heavy atom. The van der Waals surface area contributed by atoms with Gasteiger partial charge in [-0.25, -0.2) is 4.98 Å². The van der Waals surface area contributed by atoms with Crippen molar-refractivity contribution < 1.29 is 4.79 Å². The number of rotatable bonds is 2. The molecule has 1 amide bonds. The zero-order valence-corrected chi connectivity index (χ0v) is 11.8. The number of benzene rings is 1. The van der Waals surface area contributed by atoms with Crippen molar-refractivity contribution in [2.75, 3.05) is 5.32 Å². The van der Waals surface area contributed by atoms with Crippen molar-refractivity contribution in [3.8, 4) is 6.07 Å². The highest BCUT2D eigenvalue weighted by atomic mass is 79.9. The number of anilines is 1. The number of nitrogens with zero attached hydrogens (tertiary/aromatic N) is 2. The van der Waals surface area contributed by atoms with Crippen molar-refractivity contribution in [3.63, 3.8) is 0 Å². The summed E-state index contributed by atoms with van der Waals surface area (Å²) >= 11 is 4.56. The first-order valence-electron chi connectivity index (χ1n) is 5.03. The number of nitriles is 1. The summed E-state index contributed by atoms with van der Waals surface area (Å²) in [5.74, 6) is -0.242. The first kappa shape index (κ1) is 12.7. The molecule has 0 bridgehead atoms. The van der Waals surface area contributed by atoms with Crippen molar-refractivity contribution in [1.29, 1.82) is 5.26 Å². The zero-order chi connectivity index (χ0) is 13.1. The first-order valence-corrected chi connectivity index (χ1v) is 6.70. The van der Waals surface area contributed by atoms with E-state index in [1.54, 1.807) is 30.6 Å². The second-order valence-electron chi connectivity index (χ2n) is 3.52. The SMILES string of the molecule is Cc1ncsc1C(=O)Nc1ccc(Br)cc1C#N. The minimum absolute atomic E-state index is 0.242. The van der Waals surface area contributed by atoms with Crippen LogP contribution in [-0.4, -0.2) is 10.9 Å². The molecule has 0 atom stereocenters. The van der Waals surface area contributed by atoms with Crippen LogP contribution in [0.25, 0.3) is 0 Å². The quantitative estimate of drug-likeness (QED) is 0.922. The van der Waals surface area contributed by atoms with Gasteiger partial charge in [0.05, 0.1) is 22.5 Å². The molecule has 6 heteroatoms. The fourth-order valence-corrected chi connectivity index (χ4v) is 2.48. The van der Waals surface area contributed by atoms with E-state index < -0.39 is 0 Å². The van der Waals surface area contributed by atoms with Crippen molar-refractivity contribution in [3.05, 3.63) is 44.3 Å². The lowest BCUT2D eigenvalue weighted by Gasteiger charge is -2.06. The third-order valence-electron chi connectivity index (χ3n) is 2.30. The number of hydrogen-bond acceptors (Lipinski definition) is 4. The van der Waals surface area contributed by atoms with Crippen LogP contribution in [0.2, 0.25) is 0 Å². The van der Waals surface area contributed by atoms with Crippen molar-refractivity contribution in [1.82, 2.24) is 4.98 Å². The average molecular weight is 322 g/mol. The molecule has 0 spiro atoms. The summed E-state index contributed by atoms with van der Waals surface area (Å²) in [5.41, 5.74) is 3.23. The number of halogens is 1. The van der Waals surface area contributed by atoms with Crippen LogP contribution in [0.15, 0.2) is 28.2 Å². The third kappa shape index (κ3) is 2.58. The van der Waals surface area contributed by atoms with E-state index in [2.05, 4.69) is 26.2 Å². The predicted molar refractivity (Wildman–Crippen MR) is 73.7 cm³/mol. The molecule has 90 valence electrons. The van der Waals surface area contributed by atoms with Crippen LogP contribution in [0, 0.1) is 18.3 Å². The summed E-state index contributed by atoms with van der Waals surface area (Å²) in [6.45, 7) is 1.78. The molecule has 1 heterocycles. The zero-order valence-electron chi connectivity index (χ0n) is 9.40. The molecule has 0 fully saturated rings. The normalized spacial score (nSPS) is 9.83. The monoisotopic (exact) mass is 321 g/mol. The second-order valence-corrected chi connectivity index (χ2v) is 5.29. The molecule has 2 rings (SSSR count). The van der Waals surface area contributed by atoms with Gasteiger partial charge >= 0.3 is 0 Å². The molecule has 0 unspecified atom stereocenters. The maximum atomic E-state index is 12.0. The summed E-state index contributed by atoms with van der Waals surface area (Å²) in [5, 5.41) is 11.7. The van der Waals surface area contributed by atoms with E-state index in [9.17, 15) is 4.79 Å². The number of aryl methyl sites for hydroxylation is 1. The maximum absolute atomic E-state index is 12.0. The van der Waals surface area contributed by atoms with Gasteiger partial charge in [-0.1, -0.05) is 15.9 Å². The minimum atomic E-state index is -0.242. The molecule has 0 aliphatic carbocycles. The van der Waals surface area contributed by atoms with E-state index in [-0.39, 0.29) is 5.91 Å². The Morgan fingerprint density at radius 1 is 1.56 bits per heavy atom. The highest BCUT2D eigenvalue weighted by molar-refractivity contribution is 9.10. The summed E-state index contributed by atoms with van der Waals surface area (Å²) in [7, 11) is 0. The number of carbonyl (C=O) groups excluding carboxylic acids is 1. The molecule has 2 aromatic rings. The Balaban J connectivity index is 2.28. The molecule has 1 aromatic carbocycles. The Bertz CT molecular complexity index is 645. The number of hydrogen-bond donors (Lipinski definition) is 1. The van der Waals surface area contributed by atoms with Crippen LogP contribution in [-0.2, 0) is 0 Å². The number of aromatic nitrogens is 1. The van der Waals surface area contributed by atoms with Crippen LogP contribution in [0.5, 0.6) is 0 Å². The highest BCUT2D eigenvalue weighted by Crippen LogP contribution is 2.22. The lowest BCUT2D eigenvalue weighted by Crippen LogP contribution is -2.12. The van der Waals surface area contributed by atoms with E-state index in [1.807, 2.05) is 6.07 Å². The smallest absolute Gasteiger partial charge is 0.267 e. The van der Waals surface area contributed by atoms with Gasteiger partial charge in [0.25, 0.3) is 5.91 Å². The van der Waals surface area contributed by atoms with Gasteiger partial charge in [0.1, 0.15) is 10.9 Å². The lowest BCUT2D eigenvalue weighted by atomic mass is 10.2. The molecule has 0 radical (unpaired) electrons. The largest absolute Gasteiger partial charge is 0.320 e.